The summed E-state index contributed by atoms with van der Waals surface area (Å²) in [7, 11) is -2.85. The van der Waals surface area contributed by atoms with Gasteiger partial charge in [0.05, 0.1) is 22.3 Å². The van der Waals surface area contributed by atoms with Crippen LogP contribution >= 0.6 is 0 Å². The summed E-state index contributed by atoms with van der Waals surface area (Å²) in [5, 5.41) is 7.03. The second kappa shape index (κ2) is 12.2. The molecule has 0 bridgehead atoms. The first kappa shape index (κ1) is 30.1. The van der Waals surface area contributed by atoms with Gasteiger partial charge in [-0.2, -0.15) is 0 Å². The number of pyridine rings is 2. The molecular formula is C46H31N3O2Si. The van der Waals surface area contributed by atoms with Crippen molar-refractivity contribution in [2.24, 2.45) is 0 Å². The molecule has 0 aliphatic carbocycles. The number of para-hydroxylation sites is 2. The number of fused-ring (bicyclic) bond motifs is 6. The third-order valence-corrected chi connectivity index (χ3v) is 14.8. The molecule has 9 aromatic rings. The molecule has 0 atom stereocenters. The zero-order valence-corrected chi connectivity index (χ0v) is 29.1. The van der Waals surface area contributed by atoms with Crippen LogP contribution < -0.4 is 30.2 Å². The van der Waals surface area contributed by atoms with Gasteiger partial charge >= 0.3 is 0 Å². The molecule has 0 spiro atoms. The summed E-state index contributed by atoms with van der Waals surface area (Å²) in [5.74, 6) is 3.23. The highest BCUT2D eigenvalue weighted by atomic mass is 28.3. The van der Waals surface area contributed by atoms with Crippen LogP contribution in [-0.4, -0.2) is 22.6 Å². The lowest BCUT2D eigenvalue weighted by Crippen LogP contribution is -2.76. The smallest absolute Gasteiger partial charge is 0.190 e. The standard InChI is InChI=1S/C46H31N3O2Si/c1-3-19-36(20-4-1)52(37-21-5-2-6-22-37)42-27-10-9-26-41(42)51-45-43(52)31-48-46-44(45)38-23-7-8-25-40(38)49(46)33-16-14-18-35(30-33)50-34-17-13-15-32(29-34)39-24-11-12-28-47-39/h1-31H. The van der Waals surface area contributed by atoms with Crippen molar-refractivity contribution >= 4 is 50.8 Å². The lowest BCUT2D eigenvalue weighted by atomic mass is 10.1. The van der Waals surface area contributed by atoms with Crippen LogP contribution in [0.4, 0.5) is 0 Å². The van der Waals surface area contributed by atoms with E-state index in [0.29, 0.717) is 0 Å². The Morgan fingerprint density at radius 2 is 1.25 bits per heavy atom. The molecule has 6 heteroatoms. The minimum Gasteiger partial charge on any atom is -0.457 e. The lowest BCUT2D eigenvalue weighted by molar-refractivity contribution is 0.482. The molecule has 1 aliphatic rings. The summed E-state index contributed by atoms with van der Waals surface area (Å²) in [6.45, 7) is 0. The van der Waals surface area contributed by atoms with Crippen molar-refractivity contribution in [2.45, 2.75) is 0 Å². The molecule has 3 aromatic heterocycles. The van der Waals surface area contributed by atoms with Gasteiger partial charge in [0.1, 0.15) is 28.6 Å². The predicted molar refractivity (Wildman–Crippen MR) is 212 cm³/mol. The number of aromatic nitrogens is 3. The third kappa shape index (κ3) is 4.69. The van der Waals surface area contributed by atoms with Crippen LogP contribution in [0.3, 0.4) is 0 Å². The van der Waals surface area contributed by atoms with Crippen LogP contribution in [-0.2, 0) is 0 Å². The van der Waals surface area contributed by atoms with Gasteiger partial charge in [0, 0.05) is 34.6 Å². The highest BCUT2D eigenvalue weighted by molar-refractivity contribution is 7.20. The molecule has 5 nitrogen and oxygen atoms in total. The molecule has 0 amide bonds. The predicted octanol–water partition coefficient (Wildman–Crippen LogP) is 8.52. The van der Waals surface area contributed by atoms with Gasteiger partial charge in [-0.05, 0) is 64.1 Å². The van der Waals surface area contributed by atoms with E-state index in [-0.39, 0.29) is 0 Å². The minimum atomic E-state index is -2.85. The van der Waals surface area contributed by atoms with Crippen molar-refractivity contribution in [3.05, 3.63) is 188 Å². The lowest BCUT2D eigenvalue weighted by Gasteiger charge is -2.39. The highest BCUT2D eigenvalue weighted by Crippen LogP contribution is 2.41. The molecule has 1 aliphatic heterocycles. The molecule has 10 rings (SSSR count). The largest absolute Gasteiger partial charge is 0.457 e. The summed E-state index contributed by atoms with van der Waals surface area (Å²) in [6, 6.07) is 61.1. The number of nitrogens with zero attached hydrogens (tertiary/aromatic N) is 3. The van der Waals surface area contributed by atoms with E-state index >= 15 is 0 Å². The van der Waals surface area contributed by atoms with E-state index in [1.165, 1.54) is 15.6 Å². The van der Waals surface area contributed by atoms with Gasteiger partial charge in [-0.15, -0.1) is 0 Å². The first-order valence-corrected chi connectivity index (χ1v) is 19.4. The Hall–Kier alpha value is -6.76. The topological polar surface area (TPSA) is 49.2 Å². The zero-order chi connectivity index (χ0) is 34.5. The molecule has 0 unspecified atom stereocenters. The summed E-state index contributed by atoms with van der Waals surface area (Å²) in [5.41, 5.74) is 4.72. The van der Waals surface area contributed by atoms with Crippen LogP contribution in [0, 0.1) is 0 Å². The molecule has 0 saturated heterocycles. The van der Waals surface area contributed by atoms with Crippen LogP contribution in [0.15, 0.2) is 188 Å². The van der Waals surface area contributed by atoms with Crippen molar-refractivity contribution in [3.63, 3.8) is 0 Å². The molecule has 246 valence electrons. The summed E-state index contributed by atoms with van der Waals surface area (Å²) >= 11 is 0. The zero-order valence-electron chi connectivity index (χ0n) is 28.1. The Morgan fingerprint density at radius 1 is 0.558 bits per heavy atom. The van der Waals surface area contributed by atoms with E-state index in [0.717, 1.165) is 67.1 Å². The van der Waals surface area contributed by atoms with E-state index in [9.17, 15) is 0 Å². The second-order valence-corrected chi connectivity index (χ2v) is 16.7. The highest BCUT2D eigenvalue weighted by Gasteiger charge is 2.49. The fourth-order valence-electron chi connectivity index (χ4n) is 7.89. The van der Waals surface area contributed by atoms with E-state index < -0.39 is 8.07 Å². The van der Waals surface area contributed by atoms with Crippen LogP contribution in [0.1, 0.15) is 0 Å². The van der Waals surface area contributed by atoms with Crippen molar-refractivity contribution in [1.29, 1.82) is 0 Å². The number of hydrogen-bond acceptors (Lipinski definition) is 4. The number of hydrogen-bond donors (Lipinski definition) is 0. The van der Waals surface area contributed by atoms with Gasteiger partial charge in [0.25, 0.3) is 0 Å². The quantitative estimate of drug-likeness (QED) is 0.165. The fourth-order valence-corrected chi connectivity index (χ4v) is 12.8. The molecule has 6 aromatic carbocycles. The number of rotatable bonds is 6. The summed E-state index contributed by atoms with van der Waals surface area (Å²) in [4.78, 5) is 9.87. The molecule has 0 N–H and O–H groups in total. The molecule has 52 heavy (non-hydrogen) atoms. The van der Waals surface area contributed by atoms with E-state index in [2.05, 4.69) is 137 Å². The molecule has 0 saturated carbocycles. The maximum Gasteiger partial charge on any atom is 0.190 e. The fraction of sp³-hybridized carbons (Fsp3) is 0. The van der Waals surface area contributed by atoms with Crippen LogP contribution in [0.5, 0.6) is 23.0 Å². The molecule has 0 radical (unpaired) electrons. The molecular weight excluding hydrogens is 655 g/mol. The van der Waals surface area contributed by atoms with E-state index in [1.807, 2.05) is 54.6 Å². The van der Waals surface area contributed by atoms with Gasteiger partial charge in [0.2, 0.25) is 0 Å². The number of ether oxygens (including phenoxy) is 2. The molecule has 4 heterocycles. The van der Waals surface area contributed by atoms with Gasteiger partial charge in [-0.1, -0.05) is 121 Å². The van der Waals surface area contributed by atoms with Gasteiger partial charge in [-0.3, -0.25) is 9.55 Å². The van der Waals surface area contributed by atoms with Crippen molar-refractivity contribution in [1.82, 2.24) is 14.5 Å². The SMILES string of the molecule is c1ccc([Si]2(c3ccccc3)c3ccccc3Oc3c2cnc2c3c3ccccc3n2-c2cccc(Oc3cccc(-c4ccccn4)c3)c2)cc1. The normalized spacial score (nSPS) is 12.9. The van der Waals surface area contributed by atoms with Crippen molar-refractivity contribution in [2.75, 3.05) is 0 Å². The third-order valence-electron chi connectivity index (χ3n) is 10.1. The Labute approximate surface area is 302 Å². The maximum atomic E-state index is 7.05. The van der Waals surface area contributed by atoms with Crippen LogP contribution in [0.25, 0.3) is 38.9 Å². The second-order valence-electron chi connectivity index (χ2n) is 13.0. The van der Waals surface area contributed by atoms with Crippen molar-refractivity contribution in [3.8, 4) is 39.9 Å². The van der Waals surface area contributed by atoms with E-state index in [4.69, 9.17) is 14.5 Å². The van der Waals surface area contributed by atoms with Crippen LogP contribution in [0.2, 0.25) is 0 Å². The molecule has 0 fully saturated rings. The maximum absolute atomic E-state index is 7.05. The Kier molecular flexibility index (Phi) is 7.08. The van der Waals surface area contributed by atoms with Crippen molar-refractivity contribution < 1.29 is 9.47 Å². The average Bonchev–Trinajstić information content (AvgIpc) is 3.56. The minimum absolute atomic E-state index is 0.726. The number of benzene rings is 6. The average molecular weight is 686 g/mol. The summed E-state index contributed by atoms with van der Waals surface area (Å²) < 4.78 is 15.7. The monoisotopic (exact) mass is 685 g/mol. The Bertz CT molecular complexity index is 2710. The van der Waals surface area contributed by atoms with Gasteiger partial charge in [0.15, 0.2) is 8.07 Å². The van der Waals surface area contributed by atoms with E-state index in [1.54, 1.807) is 6.20 Å². The van der Waals surface area contributed by atoms with Gasteiger partial charge < -0.3 is 9.47 Å². The summed E-state index contributed by atoms with van der Waals surface area (Å²) in [6.07, 6.45) is 3.89. The first-order valence-electron chi connectivity index (χ1n) is 17.4. The first-order chi connectivity index (χ1) is 25.8. The Balaban J connectivity index is 1.18. The van der Waals surface area contributed by atoms with Gasteiger partial charge in [-0.25, -0.2) is 4.98 Å². The Morgan fingerprint density at radius 3 is 2.04 bits per heavy atom.